The van der Waals surface area contributed by atoms with Crippen LogP contribution in [0.15, 0.2) is 48.8 Å². The Morgan fingerprint density at radius 2 is 1.86 bits per heavy atom. The van der Waals surface area contributed by atoms with E-state index >= 15 is 0 Å². The molecule has 2 atom stereocenters. The highest BCUT2D eigenvalue weighted by molar-refractivity contribution is 6.30. The predicted molar refractivity (Wildman–Crippen MR) is 160 cm³/mol. The number of benzene rings is 1. The molecule has 42 heavy (non-hydrogen) atoms. The number of primary amides is 1. The normalized spacial score (nSPS) is 24.6. The van der Waals surface area contributed by atoms with Crippen LogP contribution in [0.25, 0.3) is 22.4 Å². The minimum Gasteiger partial charge on any atom is -0.388 e. The van der Waals surface area contributed by atoms with Gasteiger partial charge in [-0.15, -0.1) is 0 Å². The van der Waals surface area contributed by atoms with Gasteiger partial charge in [0.15, 0.2) is 5.65 Å². The maximum atomic E-state index is 11.5. The molecule has 0 saturated heterocycles. The highest BCUT2D eigenvalue weighted by Crippen LogP contribution is 2.58. The molecule has 0 spiro atoms. The van der Waals surface area contributed by atoms with E-state index in [2.05, 4.69) is 45.7 Å². The zero-order chi connectivity index (χ0) is 29.0. The number of halogens is 1. The van der Waals surface area contributed by atoms with Gasteiger partial charge in [0.05, 0.1) is 10.4 Å². The first-order valence-electron chi connectivity index (χ1n) is 14.9. The van der Waals surface area contributed by atoms with Gasteiger partial charge in [-0.2, -0.15) is 0 Å². The van der Waals surface area contributed by atoms with Crippen LogP contribution in [0.2, 0.25) is 5.02 Å². The lowest BCUT2D eigenvalue weighted by molar-refractivity contribution is 0.207. The Morgan fingerprint density at radius 1 is 1.10 bits per heavy atom. The number of fused-ring (bicyclic) bond motifs is 1. The molecule has 1 aromatic carbocycles. The number of pyridine rings is 1. The molecule has 3 N–H and O–H groups in total. The summed E-state index contributed by atoms with van der Waals surface area (Å²) < 4.78 is 7.31. The van der Waals surface area contributed by atoms with Crippen LogP contribution in [0.1, 0.15) is 81.5 Å². The zero-order valence-electron chi connectivity index (χ0n) is 23.6. The molecule has 3 saturated carbocycles. The van der Waals surface area contributed by atoms with Crippen LogP contribution >= 0.6 is 11.6 Å². The molecule has 3 aliphatic carbocycles. The Morgan fingerprint density at radius 3 is 2.52 bits per heavy atom. The van der Waals surface area contributed by atoms with Crippen molar-refractivity contribution in [3.05, 3.63) is 71.0 Å². The first-order chi connectivity index (χ1) is 20.3. The number of nitrogens with zero attached hydrogens (tertiary/aromatic N) is 5. The smallest absolute Gasteiger partial charge is 0.388 e. The summed E-state index contributed by atoms with van der Waals surface area (Å²) in [6.07, 6.45) is 11.5. The fraction of sp³-hybridized carbons (Fsp3) is 0.438. The minimum absolute atomic E-state index is 0.0662. The van der Waals surface area contributed by atoms with Crippen molar-refractivity contribution >= 4 is 34.8 Å². The molecule has 3 aliphatic rings. The van der Waals surface area contributed by atoms with E-state index in [0.29, 0.717) is 33.8 Å². The number of carbonyl (C=O) groups excluding carboxylic acids is 1. The van der Waals surface area contributed by atoms with Crippen LogP contribution in [0.5, 0.6) is 0 Å². The van der Waals surface area contributed by atoms with Crippen molar-refractivity contribution in [3.63, 3.8) is 0 Å². The summed E-state index contributed by atoms with van der Waals surface area (Å²) in [5.41, 5.74) is 8.76. The standard InChI is InChI=1S/C32H34ClN7O2/c1-18-8-10-19(11-9-18)23-15-24(23)40-26-25(20-14-22(33)17-36-16-20)37-29(27(34)42-31(35)41)38-28(26)39-30(40)32(12-5-13-32)21-6-3-2-4-7-21/h2-4,6-7,14,16-19,23-24,34H,5,8-13,15H2,1H3,(H2,35,41). The van der Waals surface area contributed by atoms with Crippen LogP contribution < -0.4 is 5.73 Å². The van der Waals surface area contributed by atoms with Gasteiger partial charge >= 0.3 is 6.09 Å². The third-order valence-electron chi connectivity index (χ3n) is 9.69. The van der Waals surface area contributed by atoms with Gasteiger partial charge in [-0.25, -0.2) is 19.7 Å². The van der Waals surface area contributed by atoms with Crippen molar-refractivity contribution in [2.45, 2.75) is 69.7 Å². The highest BCUT2D eigenvalue weighted by atomic mass is 35.5. The number of nitrogens with one attached hydrogen (secondary N) is 1. The summed E-state index contributed by atoms with van der Waals surface area (Å²) in [4.78, 5) is 30.5. The highest BCUT2D eigenvalue weighted by Gasteiger charge is 2.51. The SMILES string of the molecule is CC1CCC(C2CC2n2c(C3(c4ccccc4)CCC3)nc3nc(C(=N)OC(N)=O)nc(-c4cncc(Cl)c4)c32)CC1. The fourth-order valence-corrected chi connectivity index (χ4v) is 7.47. The summed E-state index contributed by atoms with van der Waals surface area (Å²) in [7, 11) is 0. The Labute approximate surface area is 249 Å². The van der Waals surface area contributed by atoms with Crippen LogP contribution in [0, 0.1) is 23.2 Å². The number of imidazole rings is 1. The van der Waals surface area contributed by atoms with Crippen molar-refractivity contribution in [3.8, 4) is 11.3 Å². The second kappa shape index (κ2) is 10.5. The van der Waals surface area contributed by atoms with Crippen LogP contribution in [0.4, 0.5) is 4.79 Å². The molecule has 0 radical (unpaired) electrons. The first kappa shape index (κ1) is 27.0. The molecule has 1 amide bonds. The minimum atomic E-state index is -1.10. The summed E-state index contributed by atoms with van der Waals surface area (Å²) in [6.45, 7) is 2.36. The summed E-state index contributed by atoms with van der Waals surface area (Å²) >= 11 is 6.40. The Hall–Kier alpha value is -3.85. The molecular formula is C32H34ClN7O2. The number of ether oxygens (including phenoxy) is 1. The topological polar surface area (TPSA) is 133 Å². The van der Waals surface area contributed by atoms with Gasteiger partial charge in [0.25, 0.3) is 5.90 Å². The van der Waals surface area contributed by atoms with Crippen molar-refractivity contribution < 1.29 is 9.53 Å². The molecule has 4 aromatic rings. The number of carbonyl (C=O) groups is 1. The second-order valence-corrected chi connectivity index (χ2v) is 12.7. The van der Waals surface area contributed by atoms with Crippen molar-refractivity contribution in [1.29, 1.82) is 5.41 Å². The van der Waals surface area contributed by atoms with Crippen LogP contribution in [-0.2, 0) is 10.2 Å². The Bertz CT molecular complexity index is 1680. The van der Waals surface area contributed by atoms with Gasteiger partial charge in [0, 0.05) is 24.0 Å². The summed E-state index contributed by atoms with van der Waals surface area (Å²) in [5.74, 6) is 2.47. The number of hydrogen-bond donors (Lipinski definition) is 2. The molecule has 3 fully saturated rings. The van der Waals surface area contributed by atoms with Crippen LogP contribution in [-0.4, -0.2) is 36.5 Å². The molecule has 7 rings (SSSR count). The van der Waals surface area contributed by atoms with Crippen LogP contribution in [0.3, 0.4) is 0 Å². The average molecular weight is 584 g/mol. The molecule has 3 aromatic heterocycles. The number of aromatic nitrogens is 5. The fourth-order valence-electron chi connectivity index (χ4n) is 7.30. The molecule has 216 valence electrons. The molecular weight excluding hydrogens is 550 g/mol. The second-order valence-electron chi connectivity index (χ2n) is 12.3. The Balaban J connectivity index is 1.46. The lowest BCUT2D eigenvalue weighted by Gasteiger charge is -2.42. The van der Waals surface area contributed by atoms with E-state index in [1.807, 2.05) is 6.07 Å². The third-order valence-corrected chi connectivity index (χ3v) is 9.90. The average Bonchev–Trinajstić information content (AvgIpc) is 3.65. The van der Waals surface area contributed by atoms with E-state index in [1.54, 1.807) is 18.5 Å². The van der Waals surface area contributed by atoms with E-state index in [-0.39, 0.29) is 17.3 Å². The third kappa shape index (κ3) is 4.64. The monoisotopic (exact) mass is 583 g/mol. The molecule has 3 heterocycles. The Kier molecular flexibility index (Phi) is 6.72. The van der Waals surface area contributed by atoms with Gasteiger partial charge in [0.1, 0.15) is 17.0 Å². The van der Waals surface area contributed by atoms with Gasteiger partial charge in [-0.3, -0.25) is 10.4 Å². The van der Waals surface area contributed by atoms with Gasteiger partial charge in [-0.1, -0.05) is 68.1 Å². The molecule has 0 bridgehead atoms. The van der Waals surface area contributed by atoms with Crippen molar-refractivity contribution in [1.82, 2.24) is 24.5 Å². The van der Waals surface area contributed by atoms with Crippen molar-refractivity contribution in [2.24, 2.45) is 23.5 Å². The lowest BCUT2D eigenvalue weighted by Crippen LogP contribution is -2.38. The van der Waals surface area contributed by atoms with E-state index in [4.69, 9.17) is 37.4 Å². The molecule has 2 unspecified atom stereocenters. The summed E-state index contributed by atoms with van der Waals surface area (Å²) in [6, 6.07) is 12.7. The quantitative estimate of drug-likeness (QED) is 0.189. The summed E-state index contributed by atoms with van der Waals surface area (Å²) in [5, 5.41) is 8.83. The van der Waals surface area contributed by atoms with E-state index in [1.165, 1.54) is 31.2 Å². The number of amides is 1. The van der Waals surface area contributed by atoms with Gasteiger partial charge < -0.3 is 15.0 Å². The zero-order valence-corrected chi connectivity index (χ0v) is 24.3. The molecule has 9 nitrogen and oxygen atoms in total. The van der Waals surface area contributed by atoms with E-state index in [9.17, 15) is 4.79 Å². The molecule has 10 heteroatoms. The van der Waals surface area contributed by atoms with Gasteiger partial charge in [0.2, 0.25) is 5.82 Å². The number of nitrogens with two attached hydrogens (primary N) is 1. The van der Waals surface area contributed by atoms with E-state index in [0.717, 1.165) is 42.9 Å². The number of rotatable bonds is 6. The maximum Gasteiger partial charge on any atom is 0.411 e. The largest absolute Gasteiger partial charge is 0.411 e. The van der Waals surface area contributed by atoms with Crippen molar-refractivity contribution in [2.75, 3.05) is 0 Å². The number of hydrogen-bond acceptors (Lipinski definition) is 7. The maximum absolute atomic E-state index is 11.5. The lowest BCUT2D eigenvalue weighted by atomic mass is 9.63. The molecule has 0 aliphatic heterocycles. The van der Waals surface area contributed by atoms with Gasteiger partial charge in [-0.05, 0) is 61.5 Å². The first-order valence-corrected chi connectivity index (χ1v) is 15.2. The van der Waals surface area contributed by atoms with E-state index < -0.39 is 12.0 Å². The predicted octanol–water partition coefficient (Wildman–Crippen LogP) is 6.82.